The van der Waals surface area contributed by atoms with Crippen molar-refractivity contribution in [1.82, 2.24) is 4.98 Å². The van der Waals surface area contributed by atoms with Gasteiger partial charge in [0.2, 0.25) is 0 Å². The maximum Gasteiger partial charge on any atom is 0.146 e. The Kier molecular flexibility index (Phi) is 4.37. The second-order valence-corrected chi connectivity index (χ2v) is 5.90. The number of halogens is 2. The molecule has 0 atom stereocenters. The first-order valence-corrected chi connectivity index (χ1v) is 8.16. The van der Waals surface area contributed by atoms with Gasteiger partial charge in [0, 0.05) is 0 Å². The minimum absolute atomic E-state index is 0.460. The number of hydrogen-bond acceptors (Lipinski definition) is 3. The van der Waals surface area contributed by atoms with Crippen LogP contribution in [0.15, 0.2) is 35.3 Å². The number of nitrogens with zero attached hydrogens (tertiary/aromatic N) is 3. The molecule has 0 saturated carbocycles. The number of rotatable bonds is 3. The van der Waals surface area contributed by atoms with Gasteiger partial charge in [-0.05, 0) is 36.1 Å². The quantitative estimate of drug-likeness (QED) is 0.743. The van der Waals surface area contributed by atoms with Gasteiger partial charge in [-0.15, -0.1) is 0 Å². The van der Waals surface area contributed by atoms with Crippen LogP contribution >= 0.6 is 23.2 Å². The fourth-order valence-electron chi connectivity index (χ4n) is 2.82. The van der Waals surface area contributed by atoms with E-state index in [0.717, 1.165) is 24.2 Å². The number of para-hydroxylation sites is 1. The third-order valence-corrected chi connectivity index (χ3v) is 4.44. The van der Waals surface area contributed by atoms with Crippen molar-refractivity contribution in [1.29, 1.82) is 0 Å². The predicted molar refractivity (Wildman–Crippen MR) is 93.8 cm³/mol. The first-order valence-electron chi connectivity index (χ1n) is 7.40. The Morgan fingerprint density at radius 3 is 2.36 bits per heavy atom. The van der Waals surface area contributed by atoms with Crippen LogP contribution in [-0.2, 0) is 12.8 Å². The Morgan fingerprint density at radius 1 is 1.05 bits per heavy atom. The smallest absolute Gasteiger partial charge is 0.146 e. The highest BCUT2D eigenvalue weighted by atomic mass is 35.5. The molecular formula is C17H17Cl2N3. The van der Waals surface area contributed by atoms with Crippen molar-refractivity contribution < 1.29 is 0 Å². The molecule has 0 aliphatic carbocycles. The molecule has 0 unspecified atom stereocenters. The van der Waals surface area contributed by atoms with E-state index in [9.17, 15) is 0 Å². The highest BCUT2D eigenvalue weighted by Gasteiger charge is 2.25. The molecule has 1 aliphatic heterocycles. The van der Waals surface area contributed by atoms with Crippen LogP contribution in [0.5, 0.6) is 0 Å². The molecule has 1 aromatic heterocycles. The maximum absolute atomic E-state index is 6.24. The van der Waals surface area contributed by atoms with Crippen LogP contribution in [0.3, 0.4) is 0 Å². The highest BCUT2D eigenvalue weighted by molar-refractivity contribution is 6.70. The molecule has 0 N–H and O–H groups in total. The molecule has 114 valence electrons. The van der Waals surface area contributed by atoms with Crippen LogP contribution in [0.4, 0.5) is 11.5 Å². The van der Waals surface area contributed by atoms with Gasteiger partial charge in [0.15, 0.2) is 0 Å². The van der Waals surface area contributed by atoms with E-state index in [1.807, 2.05) is 6.07 Å². The molecule has 0 spiro atoms. The van der Waals surface area contributed by atoms with E-state index >= 15 is 0 Å². The zero-order valence-electron chi connectivity index (χ0n) is 12.6. The molecule has 0 saturated heterocycles. The summed E-state index contributed by atoms with van der Waals surface area (Å²) >= 11 is 12.3. The predicted octanol–water partition coefficient (Wildman–Crippen LogP) is 4.95. The first kappa shape index (κ1) is 15.3. The van der Waals surface area contributed by atoms with E-state index in [1.54, 1.807) is 6.07 Å². The van der Waals surface area contributed by atoms with E-state index in [2.05, 4.69) is 46.9 Å². The summed E-state index contributed by atoms with van der Waals surface area (Å²) in [6, 6.07) is 10.0. The fraction of sp³-hybridized carbons (Fsp3) is 0.294. The Bertz CT molecular complexity index is 718. The molecule has 2 heterocycles. The van der Waals surface area contributed by atoms with Gasteiger partial charge in [0.05, 0.1) is 11.3 Å². The number of aliphatic imine (C=N–C) groups is 1. The summed E-state index contributed by atoms with van der Waals surface area (Å²) in [4.78, 5) is 11.0. The van der Waals surface area contributed by atoms with Crippen LogP contribution in [0.1, 0.15) is 30.5 Å². The van der Waals surface area contributed by atoms with Gasteiger partial charge in [0.1, 0.15) is 22.8 Å². The second kappa shape index (κ2) is 6.27. The standard InChI is InChI=1S/C17H17Cl2N3/c1-3-11-6-5-7-12(4-2)15(11)22-10-20-16(19)13-8-9-14(18)21-17(13)22/h5-9H,3-4,10H2,1-2H3. The van der Waals surface area contributed by atoms with Gasteiger partial charge in [-0.25, -0.2) is 4.98 Å². The van der Waals surface area contributed by atoms with Gasteiger partial charge in [-0.3, -0.25) is 4.99 Å². The van der Waals surface area contributed by atoms with E-state index < -0.39 is 0 Å². The minimum atomic E-state index is 0.460. The van der Waals surface area contributed by atoms with Gasteiger partial charge >= 0.3 is 0 Å². The fourth-order valence-corrected chi connectivity index (χ4v) is 3.16. The molecule has 0 amide bonds. The third kappa shape index (κ3) is 2.59. The average molecular weight is 334 g/mol. The summed E-state index contributed by atoms with van der Waals surface area (Å²) in [6.07, 6.45) is 1.90. The third-order valence-electron chi connectivity index (χ3n) is 3.90. The van der Waals surface area contributed by atoms with E-state index in [1.165, 1.54) is 16.8 Å². The molecule has 1 aromatic carbocycles. The van der Waals surface area contributed by atoms with E-state index in [-0.39, 0.29) is 0 Å². The molecule has 22 heavy (non-hydrogen) atoms. The van der Waals surface area contributed by atoms with Gasteiger partial charge in [-0.2, -0.15) is 0 Å². The maximum atomic E-state index is 6.24. The summed E-state index contributed by atoms with van der Waals surface area (Å²) < 4.78 is 0. The molecule has 5 heteroatoms. The number of aromatic nitrogens is 1. The molecule has 0 bridgehead atoms. The van der Waals surface area contributed by atoms with Crippen LogP contribution in [-0.4, -0.2) is 16.8 Å². The summed E-state index contributed by atoms with van der Waals surface area (Å²) in [5.41, 5.74) is 4.56. The normalized spacial score (nSPS) is 13.8. The summed E-state index contributed by atoms with van der Waals surface area (Å²) in [5, 5.41) is 0.949. The van der Waals surface area contributed by atoms with Crippen LogP contribution in [0.2, 0.25) is 5.15 Å². The molecular weight excluding hydrogens is 317 g/mol. The Hall–Kier alpha value is -1.58. The Labute approximate surface area is 140 Å². The van der Waals surface area contributed by atoms with E-state index in [4.69, 9.17) is 23.2 Å². The van der Waals surface area contributed by atoms with Crippen LogP contribution in [0.25, 0.3) is 0 Å². The molecule has 0 radical (unpaired) electrons. The lowest BCUT2D eigenvalue weighted by molar-refractivity contribution is 0.911. The summed E-state index contributed by atoms with van der Waals surface area (Å²) in [5.74, 6) is 0.781. The number of fused-ring (bicyclic) bond motifs is 1. The topological polar surface area (TPSA) is 28.5 Å². The first-order chi connectivity index (χ1) is 10.7. The average Bonchev–Trinajstić information content (AvgIpc) is 2.54. The van der Waals surface area contributed by atoms with Crippen molar-refractivity contribution in [3.8, 4) is 0 Å². The monoisotopic (exact) mass is 333 g/mol. The molecule has 2 aromatic rings. The van der Waals surface area contributed by atoms with Crippen molar-refractivity contribution >= 4 is 39.9 Å². The van der Waals surface area contributed by atoms with Gasteiger partial charge < -0.3 is 4.90 Å². The largest absolute Gasteiger partial charge is 0.305 e. The number of anilines is 2. The molecule has 1 aliphatic rings. The molecule has 0 fully saturated rings. The minimum Gasteiger partial charge on any atom is -0.305 e. The number of pyridine rings is 1. The number of aryl methyl sites for hydroxylation is 2. The van der Waals surface area contributed by atoms with Crippen molar-refractivity contribution in [3.05, 3.63) is 52.2 Å². The highest BCUT2D eigenvalue weighted by Crippen LogP contribution is 2.37. The SMILES string of the molecule is CCc1cccc(CC)c1N1CN=C(Cl)c2ccc(Cl)nc21. The lowest BCUT2D eigenvalue weighted by atomic mass is 10.0. The molecule has 3 nitrogen and oxygen atoms in total. The summed E-state index contributed by atoms with van der Waals surface area (Å²) in [7, 11) is 0. The Morgan fingerprint density at radius 2 is 1.73 bits per heavy atom. The van der Waals surface area contributed by atoms with Gasteiger partial charge in [0.25, 0.3) is 0 Å². The number of hydrogen-bond donors (Lipinski definition) is 0. The van der Waals surface area contributed by atoms with Crippen molar-refractivity contribution in [2.75, 3.05) is 11.6 Å². The molecule has 3 rings (SSSR count). The zero-order chi connectivity index (χ0) is 15.7. The van der Waals surface area contributed by atoms with Crippen LogP contribution < -0.4 is 4.90 Å². The van der Waals surface area contributed by atoms with Gasteiger partial charge in [-0.1, -0.05) is 55.2 Å². The Balaban J connectivity index is 2.21. The van der Waals surface area contributed by atoms with Crippen molar-refractivity contribution in [2.24, 2.45) is 4.99 Å². The lowest BCUT2D eigenvalue weighted by Crippen LogP contribution is -2.27. The van der Waals surface area contributed by atoms with Crippen LogP contribution in [0, 0.1) is 0 Å². The number of benzene rings is 1. The van der Waals surface area contributed by atoms with Crippen molar-refractivity contribution in [3.63, 3.8) is 0 Å². The van der Waals surface area contributed by atoms with E-state index in [0.29, 0.717) is 17.0 Å². The zero-order valence-corrected chi connectivity index (χ0v) is 14.1. The summed E-state index contributed by atoms with van der Waals surface area (Å²) in [6.45, 7) is 4.78. The van der Waals surface area contributed by atoms with Crippen molar-refractivity contribution in [2.45, 2.75) is 26.7 Å². The second-order valence-electron chi connectivity index (χ2n) is 5.16. The lowest BCUT2D eigenvalue weighted by Gasteiger charge is -2.31.